The zero-order chi connectivity index (χ0) is 27.3. The molecular formula is C28H34N2O7. The first-order chi connectivity index (χ1) is 17.5. The number of aromatic nitrogens is 1. The average molecular weight is 511 g/mol. The number of esters is 1. The van der Waals surface area contributed by atoms with E-state index in [9.17, 15) is 9.59 Å². The molecular weight excluding hydrogens is 476 g/mol. The van der Waals surface area contributed by atoms with Crippen molar-refractivity contribution >= 4 is 28.7 Å². The number of anilines is 1. The van der Waals surface area contributed by atoms with Crippen LogP contribution in [0.5, 0.6) is 17.2 Å². The molecule has 2 aromatic carbocycles. The van der Waals surface area contributed by atoms with E-state index in [1.165, 1.54) is 25.9 Å². The van der Waals surface area contributed by atoms with Gasteiger partial charge < -0.3 is 29.0 Å². The van der Waals surface area contributed by atoms with Crippen molar-refractivity contribution in [2.75, 3.05) is 33.3 Å². The van der Waals surface area contributed by atoms with Gasteiger partial charge in [0.05, 0.1) is 45.1 Å². The summed E-state index contributed by atoms with van der Waals surface area (Å²) in [4.78, 5) is 25.9. The fourth-order valence-corrected chi connectivity index (χ4v) is 3.92. The van der Waals surface area contributed by atoms with Gasteiger partial charge in [0, 0.05) is 35.0 Å². The Hall–Kier alpha value is -4.14. The molecule has 0 fully saturated rings. The van der Waals surface area contributed by atoms with Crippen LogP contribution in [0, 0.1) is 0 Å². The first-order valence-corrected chi connectivity index (χ1v) is 11.8. The zero-order valence-electron chi connectivity index (χ0n) is 22.3. The minimum atomic E-state index is -0.768. The number of benzene rings is 2. The molecule has 1 heterocycles. The molecule has 0 saturated carbocycles. The zero-order valence-corrected chi connectivity index (χ0v) is 22.3. The molecule has 0 radical (unpaired) electrons. The number of methoxy groups -OCH3 is 3. The Kier molecular flexibility index (Phi) is 8.37. The van der Waals surface area contributed by atoms with Crippen molar-refractivity contribution in [1.29, 1.82) is 0 Å². The molecule has 0 unspecified atom stereocenters. The van der Waals surface area contributed by atoms with Gasteiger partial charge in [0.15, 0.2) is 11.5 Å². The van der Waals surface area contributed by atoms with Gasteiger partial charge in [-0.05, 0) is 33.8 Å². The Balaban J connectivity index is 2.18. The fraction of sp³-hybridized carbons (Fsp3) is 0.357. The van der Waals surface area contributed by atoms with Crippen LogP contribution in [-0.4, -0.2) is 50.2 Å². The van der Waals surface area contributed by atoms with Gasteiger partial charge in [-0.1, -0.05) is 24.8 Å². The van der Waals surface area contributed by atoms with Crippen LogP contribution < -0.4 is 19.5 Å². The molecule has 37 heavy (non-hydrogen) atoms. The predicted octanol–water partition coefficient (Wildman–Crippen LogP) is 5.72. The lowest BCUT2D eigenvalue weighted by atomic mass is 9.98. The van der Waals surface area contributed by atoms with E-state index in [0.717, 1.165) is 5.39 Å². The maximum Gasteiger partial charge on any atom is 0.419 e. The van der Waals surface area contributed by atoms with E-state index in [4.69, 9.17) is 23.7 Å². The maximum atomic E-state index is 13.1. The normalized spacial score (nSPS) is 12.0. The Labute approximate surface area is 216 Å². The lowest BCUT2D eigenvalue weighted by Gasteiger charge is -2.23. The molecule has 0 spiro atoms. The molecule has 1 N–H and O–H groups in total. The summed E-state index contributed by atoms with van der Waals surface area (Å²) in [6.45, 7) is 11.3. The summed E-state index contributed by atoms with van der Waals surface area (Å²) in [7, 11) is 4.56. The molecule has 0 aliphatic heterocycles. The number of nitrogens with zero attached hydrogens (tertiary/aromatic N) is 1. The Morgan fingerprint density at radius 1 is 1.03 bits per heavy atom. The van der Waals surface area contributed by atoms with Gasteiger partial charge in [-0.2, -0.15) is 0 Å². The average Bonchev–Trinajstić information content (AvgIpc) is 3.25. The van der Waals surface area contributed by atoms with Crippen LogP contribution in [0.1, 0.15) is 39.3 Å². The quantitative estimate of drug-likeness (QED) is 0.288. The van der Waals surface area contributed by atoms with Gasteiger partial charge >= 0.3 is 12.1 Å². The number of ether oxygens (including phenoxy) is 5. The van der Waals surface area contributed by atoms with Crippen molar-refractivity contribution in [3.63, 3.8) is 0 Å². The minimum Gasteiger partial charge on any atom is -0.493 e. The van der Waals surface area contributed by atoms with Crippen molar-refractivity contribution < 1.29 is 33.3 Å². The highest BCUT2D eigenvalue weighted by Gasteiger charge is 2.29. The van der Waals surface area contributed by atoms with E-state index in [1.807, 2.05) is 24.3 Å². The molecule has 1 aromatic heterocycles. The molecule has 0 aliphatic rings. The van der Waals surface area contributed by atoms with E-state index in [1.54, 1.807) is 46.0 Å². The fourth-order valence-electron chi connectivity index (χ4n) is 3.92. The highest BCUT2D eigenvalue weighted by molar-refractivity contribution is 5.96. The Morgan fingerprint density at radius 3 is 2.19 bits per heavy atom. The lowest BCUT2D eigenvalue weighted by molar-refractivity contribution is -0.138. The van der Waals surface area contributed by atoms with Crippen molar-refractivity contribution in [1.82, 2.24) is 4.57 Å². The third-order valence-electron chi connectivity index (χ3n) is 5.51. The second-order valence-electron chi connectivity index (χ2n) is 9.19. The topological polar surface area (TPSA) is 97.3 Å². The van der Waals surface area contributed by atoms with Gasteiger partial charge in [0.2, 0.25) is 5.75 Å². The number of fused-ring (bicyclic) bond motifs is 1. The summed E-state index contributed by atoms with van der Waals surface area (Å²) >= 11 is 0. The van der Waals surface area contributed by atoms with Crippen LogP contribution in [0.2, 0.25) is 0 Å². The molecule has 3 rings (SSSR count). The van der Waals surface area contributed by atoms with Crippen molar-refractivity contribution in [2.24, 2.45) is 0 Å². The van der Waals surface area contributed by atoms with E-state index in [2.05, 4.69) is 11.9 Å². The van der Waals surface area contributed by atoms with Crippen LogP contribution in [0.15, 0.2) is 54.7 Å². The second-order valence-corrected chi connectivity index (χ2v) is 9.19. The first kappa shape index (κ1) is 27.4. The minimum absolute atomic E-state index is 0.155. The monoisotopic (exact) mass is 510 g/mol. The third kappa shape index (κ3) is 5.99. The summed E-state index contributed by atoms with van der Waals surface area (Å²) in [5.74, 6) is 0.724. The van der Waals surface area contributed by atoms with Crippen LogP contribution in [0.4, 0.5) is 10.5 Å². The van der Waals surface area contributed by atoms with Crippen molar-refractivity contribution in [3.8, 4) is 17.2 Å². The summed E-state index contributed by atoms with van der Waals surface area (Å²) in [6.07, 6.45) is 1.11. The van der Waals surface area contributed by atoms with Gasteiger partial charge in [-0.3, -0.25) is 4.57 Å². The number of carbonyl (C=O) groups excluding carboxylic acids is 2. The van der Waals surface area contributed by atoms with E-state index in [0.29, 0.717) is 34.0 Å². The number of hydrogen-bond donors (Lipinski definition) is 1. The van der Waals surface area contributed by atoms with E-state index in [-0.39, 0.29) is 12.2 Å². The van der Waals surface area contributed by atoms with Gasteiger partial charge in [0.25, 0.3) is 0 Å². The summed E-state index contributed by atoms with van der Waals surface area (Å²) in [5.41, 5.74) is 1.29. The second kappa shape index (κ2) is 11.3. The molecule has 9 heteroatoms. The van der Waals surface area contributed by atoms with Gasteiger partial charge in [0.1, 0.15) is 5.60 Å². The van der Waals surface area contributed by atoms with Crippen molar-refractivity contribution in [3.05, 3.63) is 60.3 Å². The van der Waals surface area contributed by atoms with Crippen LogP contribution >= 0.6 is 0 Å². The van der Waals surface area contributed by atoms with E-state index >= 15 is 0 Å². The summed E-state index contributed by atoms with van der Waals surface area (Å²) in [6, 6.07) is 10.0. The standard InChI is InChI=1S/C28H34N2O7/c1-9-36-26(31)17(2)24(29-18-14-22(33-6)25(35-8)23(15-18)34-7)20-16-30(27(32)37-28(3,4)5)21-13-11-10-12-19(20)21/h10-16,24,29H,2,9H2,1,3-8H3/t24-/m1/s1. The molecule has 3 aromatic rings. The van der Waals surface area contributed by atoms with Crippen LogP contribution in [0.3, 0.4) is 0 Å². The SMILES string of the molecule is C=C(C(=O)OCC)[C@@H](Nc1cc(OC)c(OC)c(OC)c1)c1cn(C(=O)OC(C)(C)C)c2ccccc12. The smallest absolute Gasteiger partial charge is 0.419 e. The Morgan fingerprint density at radius 2 is 1.65 bits per heavy atom. The molecule has 0 saturated heterocycles. The van der Waals surface area contributed by atoms with Gasteiger partial charge in [-0.25, -0.2) is 9.59 Å². The number of rotatable bonds is 9. The van der Waals surface area contributed by atoms with Crippen molar-refractivity contribution in [2.45, 2.75) is 39.3 Å². The van der Waals surface area contributed by atoms with E-state index < -0.39 is 23.7 Å². The Bertz CT molecular complexity index is 1280. The number of hydrogen-bond acceptors (Lipinski definition) is 8. The summed E-state index contributed by atoms with van der Waals surface area (Å²) in [5, 5.41) is 4.09. The number of carbonyl (C=O) groups is 2. The maximum absolute atomic E-state index is 13.1. The molecule has 0 bridgehead atoms. The summed E-state index contributed by atoms with van der Waals surface area (Å²) < 4.78 is 28.7. The molecule has 9 nitrogen and oxygen atoms in total. The lowest BCUT2D eigenvalue weighted by Crippen LogP contribution is -2.26. The molecule has 0 aliphatic carbocycles. The first-order valence-electron chi connectivity index (χ1n) is 11.8. The molecule has 1 atom stereocenters. The third-order valence-corrected chi connectivity index (χ3v) is 5.51. The largest absolute Gasteiger partial charge is 0.493 e. The van der Waals surface area contributed by atoms with Crippen LogP contribution in [0.25, 0.3) is 10.9 Å². The highest BCUT2D eigenvalue weighted by atomic mass is 16.6. The molecule has 0 amide bonds. The van der Waals surface area contributed by atoms with Crippen LogP contribution in [-0.2, 0) is 14.3 Å². The number of nitrogens with one attached hydrogen (secondary N) is 1. The number of para-hydroxylation sites is 1. The molecule has 198 valence electrons. The van der Waals surface area contributed by atoms with Gasteiger partial charge in [-0.15, -0.1) is 0 Å². The highest BCUT2D eigenvalue weighted by Crippen LogP contribution is 2.42. The predicted molar refractivity (Wildman–Crippen MR) is 142 cm³/mol.